The number of ether oxygens (including phenoxy) is 1. The number of aldehydes is 1. The monoisotopic (exact) mass is 658 g/mol. The first-order valence-electron chi connectivity index (χ1n) is 16.2. The van der Waals surface area contributed by atoms with E-state index in [1.54, 1.807) is 13.2 Å². The topological polar surface area (TPSA) is 90.3 Å². The lowest BCUT2D eigenvalue weighted by Gasteiger charge is -2.32. The van der Waals surface area contributed by atoms with Crippen LogP contribution >= 0.6 is 11.8 Å². The highest BCUT2D eigenvalue weighted by Crippen LogP contribution is 2.39. The zero-order valence-electron chi connectivity index (χ0n) is 27.8. The second-order valence-corrected chi connectivity index (χ2v) is 14.7. The van der Waals surface area contributed by atoms with E-state index in [2.05, 4.69) is 30.2 Å². The highest BCUT2D eigenvalue weighted by atomic mass is 32.2. The van der Waals surface area contributed by atoms with E-state index in [4.69, 9.17) is 9.73 Å². The van der Waals surface area contributed by atoms with Gasteiger partial charge in [0.2, 0.25) is 0 Å². The molecule has 0 saturated heterocycles. The predicted molar refractivity (Wildman–Crippen MR) is 189 cm³/mol. The number of aromatic amines is 1. The zero-order valence-corrected chi connectivity index (χ0v) is 28.6. The van der Waals surface area contributed by atoms with Crippen molar-refractivity contribution in [2.45, 2.75) is 65.2 Å². The van der Waals surface area contributed by atoms with E-state index in [1.165, 1.54) is 24.3 Å². The number of fused-ring (bicyclic) bond motifs is 5. The number of nitrogens with one attached hydrogen (secondary N) is 3. The molecule has 1 aliphatic rings. The minimum Gasteiger partial charge on any atom is -0.454 e. The zero-order chi connectivity index (χ0) is 33.8. The number of hydrogen-bond donors (Lipinski definition) is 3. The Morgan fingerprint density at radius 2 is 1.91 bits per heavy atom. The SMILES string of the molecule is CN/C1=N\C(=N)C(C)(c2cccc(CC(C)C=O)c2)CCCC(C)(C)CSCCc2c(c(F)cc3[nH]ccc23)Oc2ccc(F)c1c2. The molecule has 0 radical (unpaired) electrons. The maximum Gasteiger partial charge on any atom is 0.168 e. The summed E-state index contributed by atoms with van der Waals surface area (Å²) in [5.74, 6) is 1.20. The van der Waals surface area contributed by atoms with Crippen LogP contribution in [0.25, 0.3) is 10.9 Å². The van der Waals surface area contributed by atoms with E-state index < -0.39 is 17.0 Å². The molecule has 0 saturated carbocycles. The summed E-state index contributed by atoms with van der Waals surface area (Å²) >= 11 is 1.84. The van der Waals surface area contributed by atoms with Crippen LogP contribution in [-0.4, -0.2) is 41.5 Å². The van der Waals surface area contributed by atoms with Gasteiger partial charge in [0.15, 0.2) is 11.6 Å². The molecule has 2 atom stereocenters. The number of aliphatic imine (C=N–C) groups is 1. The molecule has 9 heteroatoms. The van der Waals surface area contributed by atoms with Crippen LogP contribution in [0.4, 0.5) is 8.78 Å². The van der Waals surface area contributed by atoms with Crippen molar-refractivity contribution in [1.29, 1.82) is 5.41 Å². The van der Waals surface area contributed by atoms with Crippen molar-refractivity contribution in [3.05, 3.63) is 94.7 Å². The first kappa shape index (κ1) is 34.4. The van der Waals surface area contributed by atoms with Crippen molar-refractivity contribution >= 4 is 40.6 Å². The van der Waals surface area contributed by atoms with E-state index in [-0.39, 0.29) is 40.1 Å². The van der Waals surface area contributed by atoms with E-state index >= 15 is 8.78 Å². The lowest BCUT2D eigenvalue weighted by molar-refractivity contribution is -0.110. The van der Waals surface area contributed by atoms with Crippen LogP contribution in [0.3, 0.4) is 0 Å². The van der Waals surface area contributed by atoms with Crippen LogP contribution in [0, 0.1) is 28.4 Å². The fourth-order valence-corrected chi connectivity index (χ4v) is 7.50. The quantitative estimate of drug-likeness (QED) is 0.191. The summed E-state index contributed by atoms with van der Waals surface area (Å²) in [5.41, 5.74) is 2.77. The van der Waals surface area contributed by atoms with Gasteiger partial charge < -0.3 is 19.8 Å². The third kappa shape index (κ3) is 7.78. The molecule has 2 bridgehead atoms. The molecule has 0 aliphatic carbocycles. The second kappa shape index (κ2) is 14.4. The Labute approximate surface area is 280 Å². The largest absolute Gasteiger partial charge is 0.454 e. The van der Waals surface area contributed by atoms with Gasteiger partial charge in [-0.25, -0.2) is 13.8 Å². The van der Waals surface area contributed by atoms with Crippen LogP contribution in [0.1, 0.15) is 69.2 Å². The molecular weight excluding hydrogens is 615 g/mol. The summed E-state index contributed by atoms with van der Waals surface area (Å²) in [6.07, 6.45) is 6.40. The van der Waals surface area contributed by atoms with Crippen LogP contribution in [-0.2, 0) is 23.1 Å². The first-order valence-corrected chi connectivity index (χ1v) is 17.3. The normalized spacial score (nSPS) is 21.0. The van der Waals surface area contributed by atoms with Gasteiger partial charge in [0, 0.05) is 41.7 Å². The Bertz CT molecular complexity index is 1800. The fourth-order valence-electron chi connectivity index (χ4n) is 6.31. The van der Waals surface area contributed by atoms with Gasteiger partial charge in [-0.05, 0) is 84.9 Å². The van der Waals surface area contributed by atoms with E-state index in [0.717, 1.165) is 52.7 Å². The lowest BCUT2D eigenvalue weighted by atomic mass is 9.74. The van der Waals surface area contributed by atoms with Gasteiger partial charge in [-0.3, -0.25) is 5.41 Å². The van der Waals surface area contributed by atoms with Gasteiger partial charge >= 0.3 is 0 Å². The summed E-state index contributed by atoms with van der Waals surface area (Å²) in [6, 6.07) is 15.7. The molecule has 3 N–H and O–H groups in total. The number of carbonyl (C=O) groups excluding carboxylic acids is 1. The Kier molecular flexibility index (Phi) is 10.5. The highest BCUT2D eigenvalue weighted by molar-refractivity contribution is 7.99. The van der Waals surface area contributed by atoms with Crippen molar-refractivity contribution < 1.29 is 18.3 Å². The van der Waals surface area contributed by atoms with Gasteiger partial charge in [0.25, 0.3) is 0 Å². The number of benzene rings is 3. The molecule has 0 fully saturated rings. The lowest BCUT2D eigenvalue weighted by Crippen LogP contribution is -2.34. The molecule has 6 nitrogen and oxygen atoms in total. The molecular formula is C38H44F2N4O2S. The molecule has 2 unspecified atom stereocenters. The molecule has 248 valence electrons. The van der Waals surface area contributed by atoms with E-state index in [1.807, 2.05) is 49.9 Å². The Morgan fingerprint density at radius 1 is 1.11 bits per heavy atom. The molecule has 47 heavy (non-hydrogen) atoms. The maximum atomic E-state index is 15.6. The molecule has 3 aromatic carbocycles. The number of rotatable bonds is 4. The van der Waals surface area contributed by atoms with Crippen molar-refractivity contribution in [3.8, 4) is 11.5 Å². The maximum absolute atomic E-state index is 15.6. The summed E-state index contributed by atoms with van der Waals surface area (Å²) in [4.78, 5) is 19.2. The smallest absolute Gasteiger partial charge is 0.168 e. The predicted octanol–water partition coefficient (Wildman–Crippen LogP) is 9.00. The minimum absolute atomic E-state index is 0.0189. The van der Waals surface area contributed by atoms with E-state index in [0.29, 0.717) is 24.8 Å². The van der Waals surface area contributed by atoms with Crippen molar-refractivity contribution in [2.75, 3.05) is 18.6 Å². The highest BCUT2D eigenvalue weighted by Gasteiger charge is 2.34. The number of hydrogen-bond acceptors (Lipinski definition) is 5. The average molecular weight is 659 g/mol. The molecule has 2 heterocycles. The van der Waals surface area contributed by atoms with Crippen molar-refractivity contribution in [2.24, 2.45) is 16.3 Å². The van der Waals surface area contributed by atoms with E-state index in [9.17, 15) is 10.2 Å². The summed E-state index contributed by atoms with van der Waals surface area (Å²) in [5, 5.41) is 13.3. The van der Waals surface area contributed by atoms with Gasteiger partial charge in [0.05, 0.1) is 11.0 Å². The second-order valence-electron chi connectivity index (χ2n) is 13.6. The molecule has 0 amide bonds. The van der Waals surface area contributed by atoms with Crippen LogP contribution in [0.2, 0.25) is 0 Å². The minimum atomic E-state index is -0.786. The first-order chi connectivity index (χ1) is 22.4. The summed E-state index contributed by atoms with van der Waals surface area (Å²) in [6.45, 7) is 8.43. The van der Waals surface area contributed by atoms with Crippen LogP contribution < -0.4 is 10.1 Å². The average Bonchev–Trinajstić information content (AvgIpc) is 3.51. The van der Waals surface area contributed by atoms with Crippen LogP contribution in [0.5, 0.6) is 11.5 Å². The van der Waals surface area contributed by atoms with Crippen molar-refractivity contribution in [3.63, 3.8) is 0 Å². The van der Waals surface area contributed by atoms with Gasteiger partial charge in [-0.15, -0.1) is 0 Å². The number of aromatic nitrogens is 1. The van der Waals surface area contributed by atoms with Gasteiger partial charge in [-0.2, -0.15) is 11.8 Å². The van der Waals surface area contributed by atoms with Gasteiger partial charge in [0.1, 0.15) is 29.5 Å². The molecule has 0 spiro atoms. The van der Waals surface area contributed by atoms with Crippen LogP contribution in [0.15, 0.2) is 65.8 Å². The number of amidine groups is 2. The summed E-state index contributed by atoms with van der Waals surface area (Å²) in [7, 11) is 1.64. The molecule has 1 aliphatic heterocycles. The summed E-state index contributed by atoms with van der Waals surface area (Å²) < 4.78 is 37.2. The van der Waals surface area contributed by atoms with Gasteiger partial charge in [-0.1, -0.05) is 51.5 Å². The molecule has 1 aromatic heterocycles. The number of carbonyl (C=O) groups is 1. The Morgan fingerprint density at radius 3 is 2.68 bits per heavy atom. The number of H-pyrrole nitrogens is 1. The number of nitrogens with zero attached hydrogens (tertiary/aromatic N) is 1. The van der Waals surface area contributed by atoms with Crippen molar-refractivity contribution in [1.82, 2.24) is 10.3 Å². The molecule has 4 aromatic rings. The molecule has 5 rings (SSSR count). The number of halogens is 2. The Balaban J connectivity index is 1.61. The Hall–Kier alpha value is -3.98. The third-order valence-corrected chi connectivity index (χ3v) is 10.6. The standard InChI is InChI=1S/C38H44F2N4O2S/c1-24(22-45)18-25-8-6-9-26(19-25)38(4)15-7-14-37(2,3)23-47-17-13-29-28-12-16-43-33(28)21-32(40)34(29)46-27-10-11-31(39)30(20-27)35(42-5)44-36(38)41/h6,8-12,16,19-22,24,43H,7,13-15,17-18,23H2,1-5H3,(H2,41,42,44). The number of aryl methyl sites for hydroxylation is 1. The third-order valence-electron chi connectivity index (χ3n) is 9.14. The number of thioether (sulfide) groups is 1. The fraction of sp³-hybridized carbons (Fsp3) is 0.395.